The first-order chi connectivity index (χ1) is 12.6. The first-order valence-electron chi connectivity index (χ1n) is 8.13. The van der Waals surface area contributed by atoms with Gasteiger partial charge in [0, 0.05) is 22.5 Å². The maximum atomic E-state index is 9.14. The Hall–Kier alpha value is -3.10. The number of benzene rings is 1. The monoisotopic (exact) mass is 364 g/mol. The molecule has 0 atom stereocenters. The molecule has 0 saturated heterocycles. The summed E-state index contributed by atoms with van der Waals surface area (Å²) in [5, 5.41) is 12.8. The van der Waals surface area contributed by atoms with Gasteiger partial charge in [-0.25, -0.2) is 9.97 Å². The maximum absolute atomic E-state index is 9.14. The van der Waals surface area contributed by atoms with Gasteiger partial charge in [-0.15, -0.1) is 0 Å². The van der Waals surface area contributed by atoms with Crippen LogP contribution in [-0.2, 0) is 0 Å². The van der Waals surface area contributed by atoms with Crippen LogP contribution in [0.25, 0.3) is 11.1 Å². The zero-order valence-corrected chi connectivity index (χ0v) is 15.2. The van der Waals surface area contributed by atoms with Crippen LogP contribution in [0.1, 0.15) is 18.2 Å². The van der Waals surface area contributed by atoms with Crippen molar-refractivity contribution in [1.29, 1.82) is 5.26 Å². The molecule has 3 rings (SSSR count). The third kappa shape index (κ3) is 4.11. The number of rotatable bonds is 5. The molecular formula is C20H17ClN4O. The summed E-state index contributed by atoms with van der Waals surface area (Å²) in [6.07, 6.45) is 1.72. The van der Waals surface area contributed by atoms with Gasteiger partial charge in [-0.1, -0.05) is 17.7 Å². The number of halogens is 1. The first-order valence-corrected chi connectivity index (χ1v) is 8.51. The Morgan fingerprint density at radius 1 is 1.19 bits per heavy atom. The van der Waals surface area contributed by atoms with Crippen molar-refractivity contribution in [3.8, 4) is 22.9 Å². The van der Waals surface area contributed by atoms with Crippen LogP contribution in [0.4, 0.5) is 11.6 Å². The SMILES string of the molecule is CCOc1cc(-c2cc(Cl)cc(C#N)c2)cnc1Nc1cccc(C)n1. The molecule has 0 bridgehead atoms. The highest BCUT2D eigenvalue weighted by Crippen LogP contribution is 2.32. The van der Waals surface area contributed by atoms with Crippen LogP contribution < -0.4 is 10.1 Å². The van der Waals surface area contributed by atoms with E-state index in [0.717, 1.165) is 16.8 Å². The van der Waals surface area contributed by atoms with Crippen LogP contribution in [0, 0.1) is 18.3 Å². The Bertz CT molecular complexity index is 982. The molecule has 2 heterocycles. The van der Waals surface area contributed by atoms with Crippen molar-refractivity contribution in [3.63, 3.8) is 0 Å². The predicted octanol–water partition coefficient (Wildman–Crippen LogP) is 5.12. The van der Waals surface area contributed by atoms with E-state index >= 15 is 0 Å². The summed E-state index contributed by atoms with van der Waals surface area (Å²) in [4.78, 5) is 8.91. The molecule has 0 aliphatic heterocycles. The van der Waals surface area contributed by atoms with Crippen molar-refractivity contribution < 1.29 is 4.74 Å². The van der Waals surface area contributed by atoms with Gasteiger partial charge in [-0.2, -0.15) is 5.26 Å². The summed E-state index contributed by atoms with van der Waals surface area (Å²) in [6.45, 7) is 4.34. The summed E-state index contributed by atoms with van der Waals surface area (Å²) in [7, 11) is 0. The highest BCUT2D eigenvalue weighted by Gasteiger charge is 2.11. The van der Waals surface area contributed by atoms with E-state index in [1.807, 2.05) is 38.1 Å². The lowest BCUT2D eigenvalue weighted by molar-refractivity contribution is 0.341. The third-order valence-electron chi connectivity index (χ3n) is 3.65. The summed E-state index contributed by atoms with van der Waals surface area (Å²) in [5.74, 6) is 1.88. The quantitative estimate of drug-likeness (QED) is 0.680. The zero-order valence-electron chi connectivity index (χ0n) is 14.5. The van der Waals surface area contributed by atoms with Crippen LogP contribution in [-0.4, -0.2) is 16.6 Å². The summed E-state index contributed by atoms with van der Waals surface area (Å²) >= 11 is 6.11. The first kappa shape index (κ1) is 17.7. The zero-order chi connectivity index (χ0) is 18.5. The molecule has 0 radical (unpaired) electrons. The van der Waals surface area contributed by atoms with Gasteiger partial charge in [0.15, 0.2) is 11.6 Å². The van der Waals surface area contributed by atoms with Crippen LogP contribution >= 0.6 is 11.6 Å². The fourth-order valence-corrected chi connectivity index (χ4v) is 2.75. The fourth-order valence-electron chi connectivity index (χ4n) is 2.52. The number of aryl methyl sites for hydroxylation is 1. The number of hydrogen-bond acceptors (Lipinski definition) is 5. The Kier molecular flexibility index (Phi) is 5.35. The number of nitrogens with one attached hydrogen (secondary N) is 1. The number of aromatic nitrogens is 2. The van der Waals surface area contributed by atoms with E-state index in [-0.39, 0.29) is 0 Å². The molecule has 0 aliphatic rings. The number of ether oxygens (including phenoxy) is 1. The minimum absolute atomic E-state index is 0.497. The summed E-state index contributed by atoms with van der Waals surface area (Å²) in [6, 6.07) is 14.9. The molecule has 1 aromatic carbocycles. The number of anilines is 2. The molecule has 0 amide bonds. The molecule has 0 aliphatic carbocycles. The van der Waals surface area contributed by atoms with Crippen LogP contribution in [0.2, 0.25) is 5.02 Å². The molecule has 2 aromatic heterocycles. The topological polar surface area (TPSA) is 70.8 Å². The van der Waals surface area contributed by atoms with Crippen molar-refractivity contribution in [2.45, 2.75) is 13.8 Å². The van der Waals surface area contributed by atoms with Crippen LogP contribution in [0.15, 0.2) is 48.7 Å². The molecule has 1 N–H and O–H groups in total. The summed E-state index contributed by atoms with van der Waals surface area (Å²) < 4.78 is 5.74. The van der Waals surface area contributed by atoms with Crippen molar-refractivity contribution in [2.75, 3.05) is 11.9 Å². The smallest absolute Gasteiger partial charge is 0.174 e. The van der Waals surface area contributed by atoms with E-state index in [9.17, 15) is 0 Å². The van der Waals surface area contributed by atoms with Crippen molar-refractivity contribution in [2.24, 2.45) is 0 Å². The van der Waals surface area contributed by atoms with Gasteiger partial charge in [0.2, 0.25) is 0 Å². The molecule has 0 fully saturated rings. The van der Waals surface area contributed by atoms with Crippen molar-refractivity contribution >= 4 is 23.2 Å². The molecule has 26 heavy (non-hydrogen) atoms. The largest absolute Gasteiger partial charge is 0.490 e. The second kappa shape index (κ2) is 7.85. The van der Waals surface area contributed by atoms with Crippen LogP contribution in [0.3, 0.4) is 0 Å². The minimum Gasteiger partial charge on any atom is -0.490 e. The predicted molar refractivity (Wildman–Crippen MR) is 103 cm³/mol. The average molecular weight is 365 g/mol. The molecule has 0 spiro atoms. The van der Waals surface area contributed by atoms with E-state index in [4.69, 9.17) is 21.6 Å². The Balaban J connectivity index is 1.99. The second-order valence-electron chi connectivity index (χ2n) is 5.63. The average Bonchev–Trinajstić information content (AvgIpc) is 2.63. The molecule has 5 nitrogen and oxygen atoms in total. The molecule has 0 saturated carbocycles. The van der Waals surface area contributed by atoms with Gasteiger partial charge in [0.25, 0.3) is 0 Å². The fraction of sp³-hybridized carbons (Fsp3) is 0.150. The Morgan fingerprint density at radius 2 is 2.04 bits per heavy atom. The number of nitriles is 1. The molecule has 130 valence electrons. The van der Waals surface area contributed by atoms with Gasteiger partial charge >= 0.3 is 0 Å². The summed E-state index contributed by atoms with van der Waals surface area (Å²) in [5.41, 5.74) is 3.03. The number of hydrogen-bond donors (Lipinski definition) is 1. The molecular weight excluding hydrogens is 348 g/mol. The number of pyridine rings is 2. The maximum Gasteiger partial charge on any atom is 0.174 e. The van der Waals surface area contributed by atoms with E-state index in [2.05, 4.69) is 21.4 Å². The molecule has 6 heteroatoms. The van der Waals surface area contributed by atoms with Crippen molar-refractivity contribution in [3.05, 3.63) is 64.9 Å². The minimum atomic E-state index is 0.497. The standard InChI is InChI=1S/C20H17ClN4O/c1-3-26-18-10-16(15-7-14(11-22)8-17(21)9-15)12-23-20(18)25-19-6-4-5-13(2)24-19/h4-10,12H,3H2,1-2H3,(H,23,24,25). The highest BCUT2D eigenvalue weighted by molar-refractivity contribution is 6.31. The Labute approximate surface area is 157 Å². The van der Waals surface area contributed by atoms with Crippen LogP contribution in [0.5, 0.6) is 5.75 Å². The normalized spacial score (nSPS) is 10.2. The van der Waals surface area contributed by atoms with Crippen molar-refractivity contribution in [1.82, 2.24) is 9.97 Å². The van der Waals surface area contributed by atoms with Gasteiger partial charge < -0.3 is 10.1 Å². The van der Waals surface area contributed by atoms with Gasteiger partial charge in [0.05, 0.1) is 18.2 Å². The Morgan fingerprint density at radius 3 is 2.77 bits per heavy atom. The van der Waals surface area contributed by atoms with Gasteiger partial charge in [0.1, 0.15) is 5.82 Å². The van der Waals surface area contributed by atoms with Gasteiger partial charge in [-0.05, 0) is 55.8 Å². The molecule has 3 aromatic rings. The van der Waals surface area contributed by atoms with E-state index in [1.165, 1.54) is 0 Å². The third-order valence-corrected chi connectivity index (χ3v) is 3.87. The van der Waals surface area contributed by atoms with E-state index < -0.39 is 0 Å². The lowest BCUT2D eigenvalue weighted by atomic mass is 10.0. The van der Waals surface area contributed by atoms with E-state index in [0.29, 0.717) is 34.6 Å². The number of nitrogens with zero attached hydrogens (tertiary/aromatic N) is 3. The lowest BCUT2D eigenvalue weighted by Crippen LogP contribution is -2.02. The van der Waals surface area contributed by atoms with Gasteiger partial charge in [-0.3, -0.25) is 0 Å². The second-order valence-corrected chi connectivity index (χ2v) is 6.07. The molecule has 0 unspecified atom stereocenters. The lowest BCUT2D eigenvalue weighted by Gasteiger charge is -2.13. The highest BCUT2D eigenvalue weighted by atomic mass is 35.5. The van der Waals surface area contributed by atoms with E-state index in [1.54, 1.807) is 24.4 Å².